The Morgan fingerprint density at radius 1 is 0.640 bits per heavy atom. The molecule has 0 saturated carbocycles. The summed E-state index contributed by atoms with van der Waals surface area (Å²) in [4.78, 5) is 31.5. The zero-order valence-electron chi connectivity index (χ0n) is 43.2. The van der Waals surface area contributed by atoms with Crippen molar-refractivity contribution in [3.05, 3.63) is 131 Å². The van der Waals surface area contributed by atoms with Gasteiger partial charge in [0.15, 0.2) is 23.0 Å². The summed E-state index contributed by atoms with van der Waals surface area (Å²) in [6, 6.07) is 27.0. The first-order valence-corrected chi connectivity index (χ1v) is 28.1. The van der Waals surface area contributed by atoms with Crippen molar-refractivity contribution in [3.63, 3.8) is 0 Å². The van der Waals surface area contributed by atoms with Gasteiger partial charge >= 0.3 is 6.09 Å². The molecule has 2 aromatic heterocycles. The summed E-state index contributed by atoms with van der Waals surface area (Å²) in [5.41, 5.74) is 11.5. The van der Waals surface area contributed by atoms with E-state index >= 15 is 0 Å². The van der Waals surface area contributed by atoms with Crippen LogP contribution in [-0.4, -0.2) is 133 Å². The molecule has 20 nitrogen and oxygen atoms in total. The summed E-state index contributed by atoms with van der Waals surface area (Å²) in [5.74, 6) is 1.71. The van der Waals surface area contributed by atoms with E-state index in [0.29, 0.717) is 91.2 Å². The minimum absolute atomic E-state index is 0.0547. The lowest BCUT2D eigenvalue weighted by atomic mass is 9.94. The molecule has 0 aliphatic rings. The number of aromatic hydroxyl groups is 2. The number of alkyl carbamates (subject to hydrolysis) is 1. The number of nitrogens with two attached hydrogens (primary N) is 1. The van der Waals surface area contributed by atoms with E-state index < -0.39 is 31.7 Å². The van der Waals surface area contributed by atoms with Gasteiger partial charge in [0.05, 0.1) is 38.1 Å². The number of nitrogens with one attached hydrogen (secondary N) is 3. The predicted molar refractivity (Wildman–Crippen MR) is 290 cm³/mol. The van der Waals surface area contributed by atoms with Crippen LogP contribution in [0.15, 0.2) is 103 Å². The lowest BCUT2D eigenvalue weighted by molar-refractivity contribution is 0.0393. The first-order valence-electron chi connectivity index (χ1n) is 24.4. The number of aromatic nitrogens is 4. The van der Waals surface area contributed by atoms with Crippen molar-refractivity contribution in [2.24, 2.45) is 5.73 Å². The molecule has 0 spiro atoms. The summed E-state index contributed by atoms with van der Waals surface area (Å²) in [5, 5.41) is 29.1. The molecule has 22 heteroatoms. The highest BCUT2D eigenvalue weighted by molar-refractivity contribution is 7.88. The van der Waals surface area contributed by atoms with E-state index in [4.69, 9.17) is 24.9 Å². The minimum Gasteiger partial charge on any atom is -0.504 e. The van der Waals surface area contributed by atoms with E-state index in [1.165, 1.54) is 22.8 Å². The molecule has 7 N–H and O–H groups in total. The SMILES string of the molecule is COc1cc(CCNc2nccc(-c3cccc(CN(CCCNC(=O)OC(C)(C)Cc4cc(CN(CCCN)S(C)(=O)=O)cc(-c5ccnc(NCCc6ccc(O)c(OC)c6)n5)c4)S(C)(=O)=O)c3)n2)ccc1O. The number of hydrogen-bond acceptors (Lipinski definition) is 17. The number of phenolic OH excluding ortho intramolecular Hbond substituents is 2. The minimum atomic E-state index is -3.65. The summed E-state index contributed by atoms with van der Waals surface area (Å²) in [7, 11) is -4.26. The molecule has 0 saturated heterocycles. The summed E-state index contributed by atoms with van der Waals surface area (Å²) < 4.78 is 70.9. The standard InChI is InChI=1S/C53H68N10O10S2/c1-53(2,34-40-28-41(36-62(26-8-20-54)74(5,67)68)31-43(30-40)45-19-25-58-51(61-45)56-23-17-38-13-15-47(65)49(33-38)72-4)73-52(66)59-21-9-27-63(75(6,69)70)35-39-10-7-11-42(29-39)44-18-24-57-50(60-44)55-22-16-37-12-14-46(64)48(32-37)71-3/h7,10-15,18-19,24-25,28-33,64-65H,8-9,16-17,20-23,26-27,34-36,54H2,1-6H3,(H,59,66)(H,55,57,60)(H,56,58,61). The Morgan fingerprint density at radius 3 is 1.71 bits per heavy atom. The second kappa shape index (κ2) is 26.4. The predicted octanol–water partition coefficient (Wildman–Crippen LogP) is 6.35. The number of carbonyl (C=O) groups is 1. The number of carbonyl (C=O) groups excluding carboxylic acids is 1. The van der Waals surface area contributed by atoms with Gasteiger partial charge in [0.2, 0.25) is 31.9 Å². The molecule has 0 radical (unpaired) electrons. The Morgan fingerprint density at radius 2 is 1.16 bits per heavy atom. The van der Waals surface area contributed by atoms with E-state index in [1.54, 1.807) is 62.6 Å². The van der Waals surface area contributed by atoms with Gasteiger partial charge in [-0.3, -0.25) is 0 Å². The maximum Gasteiger partial charge on any atom is 0.407 e. The fourth-order valence-electron chi connectivity index (χ4n) is 8.19. The van der Waals surface area contributed by atoms with E-state index in [9.17, 15) is 31.8 Å². The third kappa shape index (κ3) is 17.8. The van der Waals surface area contributed by atoms with Crippen molar-refractivity contribution >= 4 is 38.0 Å². The second-order valence-electron chi connectivity index (χ2n) is 18.6. The number of benzene rings is 4. The van der Waals surface area contributed by atoms with Crippen LogP contribution in [0.4, 0.5) is 16.7 Å². The maximum absolute atomic E-state index is 13.3. The zero-order chi connectivity index (χ0) is 54.2. The van der Waals surface area contributed by atoms with E-state index in [0.717, 1.165) is 40.3 Å². The summed E-state index contributed by atoms with van der Waals surface area (Å²) >= 11 is 0. The molecule has 0 aliphatic heterocycles. The van der Waals surface area contributed by atoms with E-state index in [-0.39, 0.29) is 50.6 Å². The first-order chi connectivity index (χ1) is 35.7. The fraction of sp³-hybridized carbons (Fsp3) is 0.377. The number of methoxy groups -OCH3 is 2. The molecule has 2 heterocycles. The van der Waals surface area contributed by atoms with Crippen LogP contribution < -0.4 is 31.2 Å². The molecule has 0 fully saturated rings. The molecule has 0 bridgehead atoms. The molecule has 0 aliphatic carbocycles. The highest BCUT2D eigenvalue weighted by Gasteiger charge is 2.26. The quantitative estimate of drug-likeness (QED) is 0.0292. The number of ether oxygens (including phenoxy) is 3. The molecule has 6 aromatic rings. The van der Waals surface area contributed by atoms with Gasteiger partial charge in [-0.05, 0) is 128 Å². The van der Waals surface area contributed by atoms with Gasteiger partial charge in [-0.15, -0.1) is 0 Å². The Hall–Kier alpha value is -7.11. The summed E-state index contributed by atoms with van der Waals surface area (Å²) in [6.45, 7) is 5.55. The normalized spacial score (nSPS) is 11.9. The van der Waals surface area contributed by atoms with Crippen LogP contribution in [0.1, 0.15) is 54.5 Å². The zero-order valence-corrected chi connectivity index (χ0v) is 44.9. The van der Waals surface area contributed by atoms with Gasteiger partial charge in [0, 0.05) is 75.8 Å². The van der Waals surface area contributed by atoms with E-state index in [1.807, 2.05) is 54.6 Å². The Labute approximate surface area is 439 Å². The molecular formula is C53H68N10O10S2. The number of rotatable bonds is 28. The van der Waals surface area contributed by atoms with Crippen LogP contribution in [0.2, 0.25) is 0 Å². The average Bonchev–Trinajstić information content (AvgIpc) is 3.36. The van der Waals surface area contributed by atoms with Gasteiger partial charge in [0.1, 0.15) is 5.60 Å². The number of sulfonamides is 2. The van der Waals surface area contributed by atoms with Crippen LogP contribution in [0, 0.1) is 0 Å². The van der Waals surface area contributed by atoms with Gasteiger partial charge in [-0.1, -0.05) is 36.4 Å². The first kappa shape index (κ1) is 57.2. The molecule has 0 atom stereocenters. The van der Waals surface area contributed by atoms with Crippen LogP contribution in [-0.2, 0) is 57.1 Å². The van der Waals surface area contributed by atoms with Crippen LogP contribution in [0.25, 0.3) is 22.5 Å². The second-order valence-corrected chi connectivity index (χ2v) is 22.5. The third-order valence-electron chi connectivity index (χ3n) is 11.9. The van der Waals surface area contributed by atoms with Gasteiger partial charge in [-0.25, -0.2) is 41.6 Å². The highest BCUT2D eigenvalue weighted by Crippen LogP contribution is 2.30. The topological polar surface area (TPSA) is 274 Å². The molecule has 6 rings (SSSR count). The van der Waals surface area contributed by atoms with Crippen LogP contribution >= 0.6 is 0 Å². The maximum atomic E-state index is 13.3. The largest absolute Gasteiger partial charge is 0.504 e. The molecular weight excluding hydrogens is 1000 g/mol. The Balaban J connectivity index is 1.06. The number of anilines is 2. The molecule has 4 aromatic carbocycles. The van der Waals surface area contributed by atoms with Crippen molar-refractivity contribution in [2.75, 3.05) is 76.6 Å². The van der Waals surface area contributed by atoms with Gasteiger partial charge in [0.25, 0.3) is 0 Å². The number of hydrogen-bond donors (Lipinski definition) is 6. The Bertz CT molecular complexity index is 3110. The van der Waals surface area contributed by atoms with Crippen LogP contribution in [0.5, 0.6) is 23.0 Å². The highest BCUT2D eigenvalue weighted by atomic mass is 32.2. The van der Waals surface area contributed by atoms with Gasteiger partial charge in [-0.2, -0.15) is 8.61 Å². The average molecular weight is 1070 g/mol. The van der Waals surface area contributed by atoms with Crippen molar-refractivity contribution in [3.8, 4) is 45.5 Å². The fourth-order valence-corrected chi connectivity index (χ4v) is 9.88. The van der Waals surface area contributed by atoms with E-state index in [2.05, 4.69) is 30.9 Å². The Kier molecular flexibility index (Phi) is 20.1. The summed E-state index contributed by atoms with van der Waals surface area (Å²) in [6.07, 6.45) is 7.17. The number of phenols is 2. The van der Waals surface area contributed by atoms with Gasteiger partial charge < -0.3 is 46.1 Å². The smallest absolute Gasteiger partial charge is 0.407 e. The van der Waals surface area contributed by atoms with Crippen LogP contribution in [0.3, 0.4) is 0 Å². The van der Waals surface area contributed by atoms with Crippen molar-refractivity contribution in [1.29, 1.82) is 0 Å². The number of nitrogens with zero attached hydrogens (tertiary/aromatic N) is 6. The van der Waals surface area contributed by atoms with Crippen molar-refractivity contribution in [1.82, 2.24) is 33.9 Å². The molecule has 402 valence electrons. The molecule has 1 amide bonds. The third-order valence-corrected chi connectivity index (χ3v) is 14.4. The van der Waals surface area contributed by atoms with Crippen molar-refractivity contribution < 1.29 is 46.1 Å². The number of amides is 1. The molecule has 0 unspecified atom stereocenters. The monoisotopic (exact) mass is 1070 g/mol. The lowest BCUT2D eigenvalue weighted by Gasteiger charge is -2.26. The lowest BCUT2D eigenvalue weighted by Crippen LogP contribution is -2.38. The van der Waals surface area contributed by atoms with Crippen molar-refractivity contribution in [2.45, 2.75) is 64.6 Å². The molecule has 75 heavy (non-hydrogen) atoms.